The summed E-state index contributed by atoms with van der Waals surface area (Å²) in [5.41, 5.74) is 1.00. The predicted molar refractivity (Wildman–Crippen MR) is 74.4 cm³/mol. The van der Waals surface area contributed by atoms with Crippen molar-refractivity contribution in [3.63, 3.8) is 0 Å². The molecule has 1 aromatic rings. The highest BCUT2D eigenvalue weighted by molar-refractivity contribution is 5.48. The van der Waals surface area contributed by atoms with Crippen LogP contribution in [0.4, 0.5) is 11.4 Å². The Morgan fingerprint density at radius 2 is 1.89 bits per heavy atom. The molecule has 0 saturated heterocycles. The topological polar surface area (TPSA) is 64.4 Å². The highest BCUT2D eigenvalue weighted by Crippen LogP contribution is 2.20. The smallest absolute Gasteiger partial charge is 0.269 e. The number of benzene rings is 1. The highest BCUT2D eigenvalue weighted by atomic mass is 16.6. The summed E-state index contributed by atoms with van der Waals surface area (Å²) in [6.07, 6.45) is 6.67. The molecule has 5 heteroatoms. The molecule has 1 aliphatic rings. The number of hydrogen-bond donors (Lipinski definition) is 1. The first-order chi connectivity index (χ1) is 9.25. The van der Waals surface area contributed by atoms with Crippen LogP contribution in [-0.4, -0.2) is 24.2 Å². The van der Waals surface area contributed by atoms with Gasteiger partial charge < -0.3 is 10.1 Å². The summed E-state index contributed by atoms with van der Waals surface area (Å²) in [6, 6.07) is 6.45. The summed E-state index contributed by atoms with van der Waals surface area (Å²) in [7, 11) is 0. The van der Waals surface area contributed by atoms with Gasteiger partial charge in [0.15, 0.2) is 0 Å². The molecule has 5 nitrogen and oxygen atoms in total. The molecule has 19 heavy (non-hydrogen) atoms. The van der Waals surface area contributed by atoms with Gasteiger partial charge >= 0.3 is 0 Å². The molecule has 104 valence electrons. The first kappa shape index (κ1) is 13.8. The Balaban J connectivity index is 1.66. The standard InChI is InChI=1S/C14H20N2O3/c17-16(18)13-8-6-12(7-9-13)15-10-11-19-14-4-2-1-3-5-14/h6-9,14-15H,1-5,10-11H2. The summed E-state index contributed by atoms with van der Waals surface area (Å²) in [4.78, 5) is 10.1. The van der Waals surface area contributed by atoms with E-state index in [0.29, 0.717) is 12.7 Å². The number of ether oxygens (including phenoxy) is 1. The summed E-state index contributed by atoms with van der Waals surface area (Å²) < 4.78 is 5.80. The van der Waals surface area contributed by atoms with E-state index in [2.05, 4.69) is 5.32 Å². The van der Waals surface area contributed by atoms with Gasteiger partial charge in [-0.05, 0) is 25.0 Å². The minimum absolute atomic E-state index is 0.115. The molecule has 1 N–H and O–H groups in total. The number of nitro benzene ring substituents is 1. The molecular formula is C14H20N2O3. The third kappa shape index (κ3) is 4.52. The monoisotopic (exact) mass is 264 g/mol. The van der Waals surface area contributed by atoms with E-state index in [1.807, 2.05) is 0 Å². The third-order valence-corrected chi connectivity index (χ3v) is 3.42. The summed E-state index contributed by atoms with van der Waals surface area (Å²) in [5, 5.41) is 13.7. The summed E-state index contributed by atoms with van der Waals surface area (Å²) in [5.74, 6) is 0. The molecule has 0 spiro atoms. The van der Waals surface area contributed by atoms with Crippen molar-refractivity contribution in [2.45, 2.75) is 38.2 Å². The third-order valence-electron chi connectivity index (χ3n) is 3.42. The molecule has 1 aromatic carbocycles. The Morgan fingerprint density at radius 3 is 2.53 bits per heavy atom. The number of anilines is 1. The second-order valence-electron chi connectivity index (χ2n) is 4.86. The lowest BCUT2D eigenvalue weighted by Crippen LogP contribution is -2.20. The Hall–Kier alpha value is -1.62. The fraction of sp³-hybridized carbons (Fsp3) is 0.571. The van der Waals surface area contributed by atoms with Crippen molar-refractivity contribution in [1.82, 2.24) is 0 Å². The van der Waals surface area contributed by atoms with Crippen LogP contribution in [0.1, 0.15) is 32.1 Å². The maximum atomic E-state index is 10.5. The van der Waals surface area contributed by atoms with Crippen LogP contribution in [0.15, 0.2) is 24.3 Å². The van der Waals surface area contributed by atoms with Gasteiger partial charge in [-0.3, -0.25) is 10.1 Å². The summed E-state index contributed by atoms with van der Waals surface area (Å²) in [6.45, 7) is 1.41. The Morgan fingerprint density at radius 1 is 1.21 bits per heavy atom. The van der Waals surface area contributed by atoms with E-state index in [-0.39, 0.29) is 5.69 Å². The van der Waals surface area contributed by atoms with E-state index in [1.54, 1.807) is 12.1 Å². The van der Waals surface area contributed by atoms with Crippen LogP contribution >= 0.6 is 0 Å². The van der Waals surface area contributed by atoms with Gasteiger partial charge in [0.25, 0.3) is 5.69 Å². The van der Waals surface area contributed by atoms with Crippen molar-refractivity contribution in [3.8, 4) is 0 Å². The molecule has 0 radical (unpaired) electrons. The molecule has 2 rings (SSSR count). The molecule has 0 aliphatic heterocycles. The first-order valence-corrected chi connectivity index (χ1v) is 6.85. The Labute approximate surface area is 113 Å². The van der Waals surface area contributed by atoms with Crippen molar-refractivity contribution in [3.05, 3.63) is 34.4 Å². The van der Waals surface area contributed by atoms with Gasteiger partial charge in [-0.1, -0.05) is 19.3 Å². The molecule has 1 aliphatic carbocycles. The van der Waals surface area contributed by atoms with Gasteiger partial charge in [0.05, 0.1) is 17.6 Å². The highest BCUT2D eigenvalue weighted by Gasteiger charge is 2.12. The van der Waals surface area contributed by atoms with Crippen molar-refractivity contribution >= 4 is 11.4 Å². The number of non-ortho nitro benzene ring substituents is 1. The molecule has 0 amide bonds. The molecule has 0 unspecified atom stereocenters. The lowest BCUT2D eigenvalue weighted by Gasteiger charge is -2.22. The van der Waals surface area contributed by atoms with E-state index in [4.69, 9.17) is 4.74 Å². The molecule has 0 atom stereocenters. The van der Waals surface area contributed by atoms with Gasteiger partial charge in [-0.25, -0.2) is 0 Å². The van der Waals surface area contributed by atoms with E-state index in [9.17, 15) is 10.1 Å². The molecular weight excluding hydrogens is 244 g/mol. The Kier molecular flexibility index (Phi) is 5.15. The number of nitrogens with one attached hydrogen (secondary N) is 1. The van der Waals surface area contributed by atoms with E-state index in [1.165, 1.54) is 44.2 Å². The first-order valence-electron chi connectivity index (χ1n) is 6.85. The molecule has 1 saturated carbocycles. The minimum atomic E-state index is -0.393. The van der Waals surface area contributed by atoms with Crippen molar-refractivity contribution in [2.75, 3.05) is 18.5 Å². The van der Waals surface area contributed by atoms with Crippen LogP contribution in [0.2, 0.25) is 0 Å². The van der Waals surface area contributed by atoms with Gasteiger partial charge in [0, 0.05) is 24.4 Å². The van der Waals surface area contributed by atoms with Crippen LogP contribution in [0.25, 0.3) is 0 Å². The van der Waals surface area contributed by atoms with Gasteiger partial charge in [0.2, 0.25) is 0 Å². The molecule has 0 bridgehead atoms. The Bertz CT molecular complexity index is 400. The largest absolute Gasteiger partial charge is 0.383 e. The van der Waals surface area contributed by atoms with Gasteiger partial charge in [0.1, 0.15) is 0 Å². The molecule has 1 fully saturated rings. The zero-order chi connectivity index (χ0) is 13.5. The average Bonchev–Trinajstić information content (AvgIpc) is 2.45. The van der Waals surface area contributed by atoms with Crippen LogP contribution in [0.5, 0.6) is 0 Å². The quantitative estimate of drug-likeness (QED) is 0.486. The number of rotatable bonds is 6. The van der Waals surface area contributed by atoms with Crippen molar-refractivity contribution in [2.24, 2.45) is 0 Å². The number of nitrogens with zero attached hydrogens (tertiary/aromatic N) is 1. The second kappa shape index (κ2) is 7.09. The predicted octanol–water partition coefficient (Wildman–Crippen LogP) is 3.36. The van der Waals surface area contributed by atoms with Crippen molar-refractivity contribution < 1.29 is 9.66 Å². The maximum Gasteiger partial charge on any atom is 0.269 e. The fourth-order valence-corrected chi connectivity index (χ4v) is 2.35. The van der Waals surface area contributed by atoms with Gasteiger partial charge in [-0.15, -0.1) is 0 Å². The zero-order valence-corrected chi connectivity index (χ0v) is 11.0. The maximum absolute atomic E-state index is 10.5. The number of hydrogen-bond acceptors (Lipinski definition) is 4. The number of nitro groups is 1. The van der Waals surface area contributed by atoms with E-state index in [0.717, 1.165) is 12.2 Å². The van der Waals surface area contributed by atoms with Gasteiger partial charge in [-0.2, -0.15) is 0 Å². The van der Waals surface area contributed by atoms with Crippen LogP contribution in [0.3, 0.4) is 0 Å². The summed E-state index contributed by atoms with van der Waals surface area (Å²) >= 11 is 0. The normalized spacial score (nSPS) is 16.2. The van der Waals surface area contributed by atoms with E-state index < -0.39 is 4.92 Å². The zero-order valence-electron chi connectivity index (χ0n) is 11.0. The van der Waals surface area contributed by atoms with Crippen molar-refractivity contribution in [1.29, 1.82) is 0 Å². The lowest BCUT2D eigenvalue weighted by atomic mass is 9.98. The minimum Gasteiger partial charge on any atom is -0.383 e. The average molecular weight is 264 g/mol. The fourth-order valence-electron chi connectivity index (χ4n) is 2.35. The SMILES string of the molecule is O=[N+]([O-])c1ccc(NCCOC2CCCCC2)cc1. The van der Waals surface area contributed by atoms with Crippen LogP contribution in [0, 0.1) is 10.1 Å². The second-order valence-corrected chi connectivity index (χ2v) is 4.86. The molecule has 0 aromatic heterocycles. The molecule has 0 heterocycles. The van der Waals surface area contributed by atoms with Crippen LogP contribution < -0.4 is 5.32 Å². The van der Waals surface area contributed by atoms with Crippen LogP contribution in [-0.2, 0) is 4.74 Å². The lowest BCUT2D eigenvalue weighted by molar-refractivity contribution is -0.384. The van der Waals surface area contributed by atoms with E-state index >= 15 is 0 Å².